The monoisotopic (exact) mass is 402 g/mol. The molecule has 2 aliphatic rings. The van der Waals surface area contributed by atoms with Crippen LogP contribution in [0.5, 0.6) is 0 Å². The lowest BCUT2D eigenvalue weighted by atomic mass is 9.89. The number of pyridine rings is 1. The molecule has 2 saturated heterocycles. The maximum absolute atomic E-state index is 5.36. The van der Waals surface area contributed by atoms with E-state index in [2.05, 4.69) is 58.3 Å². The fourth-order valence-electron chi connectivity index (χ4n) is 5.03. The number of nitrogens with one attached hydrogen (secondary N) is 1. The highest BCUT2D eigenvalue weighted by molar-refractivity contribution is 5.88. The van der Waals surface area contributed by atoms with E-state index in [1.165, 1.54) is 35.0 Å². The first-order valence-corrected chi connectivity index (χ1v) is 10.8. The average Bonchev–Trinajstić information content (AvgIpc) is 3.33. The van der Waals surface area contributed by atoms with Crippen LogP contribution < -0.4 is 0 Å². The van der Waals surface area contributed by atoms with Crippen LogP contribution in [0.3, 0.4) is 0 Å². The van der Waals surface area contributed by atoms with E-state index < -0.39 is 0 Å². The number of ether oxygens (including phenoxy) is 1. The van der Waals surface area contributed by atoms with Gasteiger partial charge in [-0.2, -0.15) is 10.2 Å². The van der Waals surface area contributed by atoms with Gasteiger partial charge in [-0.15, -0.1) is 0 Å². The number of nitrogens with zero attached hydrogens (tertiary/aromatic N) is 5. The predicted octanol–water partition coefficient (Wildman–Crippen LogP) is 3.47. The van der Waals surface area contributed by atoms with Crippen molar-refractivity contribution >= 4 is 16.6 Å². The maximum atomic E-state index is 5.36. The SMILES string of the molecule is Cc1cc2c(C3CCN(C4COC4)CC3)n[nH]c2cc1-c1cc(C)c2ncnn2c1. The number of likely N-dealkylation sites (tertiary alicyclic amines) is 1. The Hall–Kier alpha value is -2.77. The minimum atomic E-state index is 0.523. The van der Waals surface area contributed by atoms with Crippen molar-refractivity contribution in [3.63, 3.8) is 0 Å². The molecule has 0 radical (unpaired) electrons. The highest BCUT2D eigenvalue weighted by Gasteiger charge is 2.31. The van der Waals surface area contributed by atoms with Gasteiger partial charge in [-0.3, -0.25) is 10.00 Å². The predicted molar refractivity (Wildman–Crippen MR) is 116 cm³/mol. The van der Waals surface area contributed by atoms with Gasteiger partial charge in [0.05, 0.1) is 30.5 Å². The molecular formula is C23H26N6O. The second-order valence-corrected chi connectivity index (χ2v) is 8.76. The van der Waals surface area contributed by atoms with E-state index in [4.69, 9.17) is 9.84 Å². The van der Waals surface area contributed by atoms with E-state index in [0.717, 1.165) is 48.6 Å². The minimum Gasteiger partial charge on any atom is -0.378 e. The standard InChI is InChI=1S/C23H26N6O/c1-14-8-20-21(9-19(14)17-7-15(2)23-24-13-25-29(23)10-17)26-27-22(20)16-3-5-28(6-4-16)18-11-30-12-18/h7-10,13,16,18H,3-6,11-12H2,1-2H3,(H,26,27). The fourth-order valence-corrected chi connectivity index (χ4v) is 5.03. The number of hydrogen-bond donors (Lipinski definition) is 1. The molecule has 30 heavy (non-hydrogen) atoms. The summed E-state index contributed by atoms with van der Waals surface area (Å²) in [4.78, 5) is 6.92. The van der Waals surface area contributed by atoms with Gasteiger partial charge in [0.2, 0.25) is 0 Å². The van der Waals surface area contributed by atoms with Crippen molar-refractivity contribution in [2.24, 2.45) is 0 Å². The summed E-state index contributed by atoms with van der Waals surface area (Å²) in [5, 5.41) is 13.7. The molecule has 1 N–H and O–H groups in total. The molecule has 3 aromatic heterocycles. The van der Waals surface area contributed by atoms with E-state index in [-0.39, 0.29) is 0 Å². The lowest BCUT2D eigenvalue weighted by Gasteiger charge is -2.41. The molecule has 0 spiro atoms. The zero-order chi connectivity index (χ0) is 20.2. The average molecular weight is 403 g/mol. The third-order valence-corrected chi connectivity index (χ3v) is 6.86. The topological polar surface area (TPSA) is 71.3 Å². The molecule has 4 aromatic rings. The molecule has 0 saturated carbocycles. The summed E-state index contributed by atoms with van der Waals surface area (Å²) in [6.45, 7) is 8.35. The smallest absolute Gasteiger partial charge is 0.158 e. The Morgan fingerprint density at radius 2 is 1.90 bits per heavy atom. The van der Waals surface area contributed by atoms with E-state index in [9.17, 15) is 0 Å². The number of aryl methyl sites for hydroxylation is 2. The van der Waals surface area contributed by atoms with Crippen LogP contribution in [0, 0.1) is 13.8 Å². The van der Waals surface area contributed by atoms with E-state index in [1.54, 1.807) is 6.33 Å². The second-order valence-electron chi connectivity index (χ2n) is 8.76. The number of aromatic amines is 1. The molecule has 5 heterocycles. The van der Waals surface area contributed by atoms with Crippen LogP contribution in [0.25, 0.3) is 27.7 Å². The van der Waals surface area contributed by atoms with Crippen LogP contribution in [-0.2, 0) is 4.74 Å². The van der Waals surface area contributed by atoms with Gasteiger partial charge in [0.15, 0.2) is 5.65 Å². The van der Waals surface area contributed by atoms with Gasteiger partial charge in [0.25, 0.3) is 0 Å². The minimum absolute atomic E-state index is 0.523. The fraction of sp³-hybridized carbons (Fsp3) is 0.435. The van der Waals surface area contributed by atoms with Crippen LogP contribution in [0.4, 0.5) is 0 Å². The van der Waals surface area contributed by atoms with Crippen LogP contribution in [-0.4, -0.2) is 62.0 Å². The molecule has 0 atom stereocenters. The van der Waals surface area contributed by atoms with Crippen molar-refractivity contribution < 1.29 is 4.74 Å². The second kappa shape index (κ2) is 6.89. The summed E-state index contributed by atoms with van der Waals surface area (Å²) in [5.41, 5.74) is 7.98. The molecule has 1 aromatic carbocycles. The number of piperidine rings is 1. The van der Waals surface area contributed by atoms with Gasteiger partial charge < -0.3 is 4.74 Å². The molecule has 7 heteroatoms. The van der Waals surface area contributed by atoms with Gasteiger partial charge in [0, 0.05) is 23.1 Å². The van der Waals surface area contributed by atoms with Crippen molar-refractivity contribution in [1.29, 1.82) is 0 Å². The van der Waals surface area contributed by atoms with Crippen molar-refractivity contribution in [1.82, 2.24) is 29.7 Å². The number of H-pyrrole nitrogens is 1. The van der Waals surface area contributed by atoms with Crippen molar-refractivity contribution in [2.45, 2.75) is 38.6 Å². The van der Waals surface area contributed by atoms with E-state index in [1.807, 2.05) is 4.52 Å². The molecule has 0 amide bonds. The number of hydrogen-bond acceptors (Lipinski definition) is 5. The third kappa shape index (κ3) is 2.84. The van der Waals surface area contributed by atoms with Crippen molar-refractivity contribution in [3.05, 3.63) is 47.5 Å². The molecule has 0 bridgehead atoms. The molecule has 6 rings (SSSR count). The quantitative estimate of drug-likeness (QED) is 0.568. The molecule has 154 valence electrons. The summed E-state index contributed by atoms with van der Waals surface area (Å²) in [6.07, 6.45) is 5.99. The largest absolute Gasteiger partial charge is 0.378 e. The molecule has 2 aliphatic heterocycles. The summed E-state index contributed by atoms with van der Waals surface area (Å²) < 4.78 is 7.22. The summed E-state index contributed by atoms with van der Waals surface area (Å²) in [7, 11) is 0. The van der Waals surface area contributed by atoms with Gasteiger partial charge in [0.1, 0.15) is 6.33 Å². The third-order valence-electron chi connectivity index (χ3n) is 6.86. The Labute approximate surface area is 175 Å². The number of fused-ring (bicyclic) bond motifs is 2. The maximum Gasteiger partial charge on any atom is 0.158 e. The first-order chi connectivity index (χ1) is 14.7. The number of aromatic nitrogens is 5. The Kier molecular flexibility index (Phi) is 4.14. The lowest BCUT2D eigenvalue weighted by Crippen LogP contribution is -2.51. The normalized spacial score (nSPS) is 19.0. The summed E-state index contributed by atoms with van der Waals surface area (Å²) in [6, 6.07) is 7.36. The number of benzene rings is 1. The highest BCUT2D eigenvalue weighted by Crippen LogP contribution is 2.36. The Bertz CT molecular complexity index is 1230. The zero-order valence-electron chi connectivity index (χ0n) is 17.4. The Morgan fingerprint density at radius 1 is 1.07 bits per heavy atom. The van der Waals surface area contributed by atoms with Crippen LogP contribution in [0.2, 0.25) is 0 Å². The highest BCUT2D eigenvalue weighted by atomic mass is 16.5. The molecule has 0 aliphatic carbocycles. The zero-order valence-corrected chi connectivity index (χ0v) is 17.4. The first kappa shape index (κ1) is 18.0. The molecule has 0 unspecified atom stereocenters. The van der Waals surface area contributed by atoms with E-state index in [0.29, 0.717) is 12.0 Å². The molecular weight excluding hydrogens is 376 g/mol. The summed E-state index contributed by atoms with van der Waals surface area (Å²) in [5.74, 6) is 0.523. The lowest BCUT2D eigenvalue weighted by molar-refractivity contribution is -0.0713. The first-order valence-electron chi connectivity index (χ1n) is 10.8. The molecule has 2 fully saturated rings. The Balaban J connectivity index is 1.32. The summed E-state index contributed by atoms with van der Waals surface area (Å²) >= 11 is 0. The van der Waals surface area contributed by atoms with Gasteiger partial charge >= 0.3 is 0 Å². The van der Waals surface area contributed by atoms with Gasteiger partial charge in [-0.25, -0.2) is 9.50 Å². The van der Waals surface area contributed by atoms with E-state index >= 15 is 0 Å². The van der Waals surface area contributed by atoms with Gasteiger partial charge in [-0.1, -0.05) is 0 Å². The molecule has 7 nitrogen and oxygen atoms in total. The van der Waals surface area contributed by atoms with Crippen molar-refractivity contribution in [2.75, 3.05) is 26.3 Å². The van der Waals surface area contributed by atoms with Crippen LogP contribution >= 0.6 is 0 Å². The number of rotatable bonds is 3. The van der Waals surface area contributed by atoms with Crippen molar-refractivity contribution in [3.8, 4) is 11.1 Å². The van der Waals surface area contributed by atoms with Crippen LogP contribution in [0.1, 0.15) is 35.6 Å². The van der Waals surface area contributed by atoms with Gasteiger partial charge in [-0.05, 0) is 74.7 Å². The Morgan fingerprint density at radius 3 is 2.67 bits per heavy atom. The van der Waals surface area contributed by atoms with Crippen LogP contribution in [0.15, 0.2) is 30.7 Å².